The molecule has 2 aromatic heterocycles. The monoisotopic (exact) mass is 539 g/mol. The van der Waals surface area contributed by atoms with Crippen LogP contribution in [-0.2, 0) is 4.74 Å². The van der Waals surface area contributed by atoms with Gasteiger partial charge in [0.1, 0.15) is 29.6 Å². The van der Waals surface area contributed by atoms with Crippen molar-refractivity contribution in [1.82, 2.24) is 19.9 Å². The molecule has 0 saturated carbocycles. The van der Waals surface area contributed by atoms with Crippen molar-refractivity contribution in [3.63, 3.8) is 0 Å². The zero-order valence-corrected chi connectivity index (χ0v) is 22.0. The number of carbonyl (C=O) groups excluding carboxylic acids is 1. The van der Waals surface area contributed by atoms with Crippen LogP contribution in [0.1, 0.15) is 26.3 Å². The highest BCUT2D eigenvalue weighted by Gasteiger charge is 2.28. The molecule has 3 heterocycles. The molecule has 4 aromatic rings. The van der Waals surface area contributed by atoms with Gasteiger partial charge in [-0.1, -0.05) is 22.9 Å². The number of nitrogens with zero attached hydrogens (tertiary/aromatic N) is 6. The van der Waals surface area contributed by atoms with E-state index in [1.165, 1.54) is 12.4 Å². The Balaban J connectivity index is 1.55. The van der Waals surface area contributed by atoms with E-state index in [1.54, 1.807) is 17.0 Å². The number of hydrogen-bond donors (Lipinski definition) is 1. The number of anilines is 2. The number of amides is 1. The van der Waals surface area contributed by atoms with Crippen molar-refractivity contribution in [3.8, 4) is 17.2 Å². The Bertz CT molecular complexity index is 1590. The third-order valence-electron chi connectivity index (χ3n) is 5.98. The number of hydrogen-bond acceptors (Lipinski definition) is 9. The van der Waals surface area contributed by atoms with Gasteiger partial charge in [0, 0.05) is 42.7 Å². The highest BCUT2D eigenvalue weighted by atomic mass is 35.5. The molecule has 2 aromatic carbocycles. The zero-order chi connectivity index (χ0) is 26.5. The van der Waals surface area contributed by atoms with Crippen molar-refractivity contribution in [3.05, 3.63) is 40.9 Å². The summed E-state index contributed by atoms with van der Waals surface area (Å²) >= 11 is 7.79. The fourth-order valence-corrected chi connectivity index (χ4v) is 5.47. The minimum absolute atomic E-state index is 0.215. The van der Waals surface area contributed by atoms with E-state index < -0.39 is 11.4 Å². The molecule has 37 heavy (non-hydrogen) atoms. The summed E-state index contributed by atoms with van der Waals surface area (Å²) in [7, 11) is 0. The van der Waals surface area contributed by atoms with E-state index in [1.807, 2.05) is 25.7 Å². The molecule has 9 nitrogen and oxygen atoms in total. The van der Waals surface area contributed by atoms with Gasteiger partial charge in [0.15, 0.2) is 5.13 Å². The maximum atomic E-state index is 14.4. The molecule has 1 fully saturated rings. The SMILES string of the molecule is CC(C)(C)OC(=O)N1CCN(c2ncnc3c(C#N)c(-c4ccc(F)c5sc(N)nc45)c(Cl)cc23)CC1. The maximum absolute atomic E-state index is 14.4. The van der Waals surface area contributed by atoms with Gasteiger partial charge in [-0.25, -0.2) is 24.1 Å². The van der Waals surface area contributed by atoms with Gasteiger partial charge >= 0.3 is 6.09 Å². The number of carbonyl (C=O) groups is 1. The molecule has 0 radical (unpaired) electrons. The fraction of sp³-hybridized carbons (Fsp3) is 0.320. The van der Waals surface area contributed by atoms with E-state index >= 15 is 0 Å². The van der Waals surface area contributed by atoms with Crippen LogP contribution in [0.2, 0.25) is 5.02 Å². The number of rotatable bonds is 2. The number of piperazine rings is 1. The number of nitriles is 1. The first-order chi connectivity index (χ1) is 17.6. The highest BCUT2D eigenvalue weighted by Crippen LogP contribution is 2.42. The number of nitrogen functional groups attached to an aromatic ring is 1. The minimum Gasteiger partial charge on any atom is -0.444 e. The summed E-state index contributed by atoms with van der Waals surface area (Å²) in [5.74, 6) is 0.166. The van der Waals surface area contributed by atoms with Gasteiger partial charge < -0.3 is 20.3 Å². The quantitative estimate of drug-likeness (QED) is 0.368. The van der Waals surface area contributed by atoms with E-state index in [4.69, 9.17) is 22.1 Å². The van der Waals surface area contributed by atoms with Crippen LogP contribution in [0.15, 0.2) is 24.5 Å². The van der Waals surface area contributed by atoms with E-state index in [2.05, 4.69) is 21.0 Å². The van der Waals surface area contributed by atoms with Crippen LogP contribution in [-0.4, -0.2) is 57.7 Å². The van der Waals surface area contributed by atoms with Crippen molar-refractivity contribution in [1.29, 1.82) is 5.26 Å². The van der Waals surface area contributed by atoms with Gasteiger partial charge in [0.25, 0.3) is 0 Å². The molecule has 190 valence electrons. The Labute approximate surface area is 221 Å². The molecule has 2 N–H and O–H groups in total. The zero-order valence-electron chi connectivity index (χ0n) is 20.4. The molecular weight excluding hydrogens is 517 g/mol. The van der Waals surface area contributed by atoms with Gasteiger partial charge in [-0.3, -0.25) is 0 Å². The lowest BCUT2D eigenvalue weighted by molar-refractivity contribution is 0.0240. The number of halogens is 2. The summed E-state index contributed by atoms with van der Waals surface area (Å²) in [6.07, 6.45) is 1.05. The van der Waals surface area contributed by atoms with E-state index in [0.29, 0.717) is 64.2 Å². The van der Waals surface area contributed by atoms with Crippen molar-refractivity contribution in [2.45, 2.75) is 26.4 Å². The molecule has 1 amide bonds. The van der Waals surface area contributed by atoms with Gasteiger partial charge in [0.2, 0.25) is 0 Å². The van der Waals surface area contributed by atoms with Crippen LogP contribution in [0.5, 0.6) is 0 Å². The molecule has 12 heteroatoms. The number of thiazole rings is 1. The summed E-state index contributed by atoms with van der Waals surface area (Å²) in [5, 5.41) is 11.3. The van der Waals surface area contributed by atoms with Gasteiger partial charge in [-0.15, -0.1) is 0 Å². The van der Waals surface area contributed by atoms with Crippen molar-refractivity contribution in [2.75, 3.05) is 36.8 Å². The van der Waals surface area contributed by atoms with E-state index in [9.17, 15) is 14.4 Å². The summed E-state index contributed by atoms with van der Waals surface area (Å²) in [4.78, 5) is 29.3. The Morgan fingerprint density at radius 2 is 1.95 bits per heavy atom. The molecule has 0 spiro atoms. The lowest BCUT2D eigenvalue weighted by Gasteiger charge is -2.36. The second-order valence-corrected chi connectivity index (χ2v) is 11.0. The van der Waals surface area contributed by atoms with Crippen LogP contribution in [0, 0.1) is 17.1 Å². The number of fused-ring (bicyclic) bond motifs is 2. The third-order valence-corrected chi connectivity index (χ3v) is 7.17. The molecule has 0 unspecified atom stereocenters. The Morgan fingerprint density at radius 3 is 2.62 bits per heavy atom. The largest absolute Gasteiger partial charge is 0.444 e. The second kappa shape index (κ2) is 9.28. The average Bonchev–Trinajstić information content (AvgIpc) is 3.25. The first-order valence-electron chi connectivity index (χ1n) is 11.5. The second-order valence-electron chi connectivity index (χ2n) is 9.59. The molecule has 0 bridgehead atoms. The number of nitrogens with two attached hydrogens (primary N) is 1. The van der Waals surface area contributed by atoms with Gasteiger partial charge in [-0.05, 0) is 39.0 Å². The summed E-state index contributed by atoms with van der Waals surface area (Å²) in [6, 6.07) is 6.80. The van der Waals surface area contributed by atoms with Gasteiger partial charge in [0.05, 0.1) is 26.3 Å². The standard InChI is InChI=1S/C25H23ClFN7O2S/c1-25(2,3)36-24(35)34-8-6-33(7-9-34)22-14-10-16(26)18(15(11-28)19(14)30-12-31-22)13-4-5-17(27)21-20(13)32-23(29)37-21/h4-5,10,12H,6-9H2,1-3H3,(H2,29,32). The first-order valence-corrected chi connectivity index (χ1v) is 12.7. The molecule has 0 atom stereocenters. The summed E-state index contributed by atoms with van der Waals surface area (Å²) in [6.45, 7) is 7.44. The van der Waals surface area contributed by atoms with Crippen LogP contribution in [0.25, 0.3) is 32.2 Å². The molecule has 1 aliphatic rings. The lowest BCUT2D eigenvalue weighted by atomic mass is 9.96. The van der Waals surface area contributed by atoms with Crippen molar-refractivity contribution >= 4 is 61.1 Å². The van der Waals surface area contributed by atoms with Crippen LogP contribution in [0.3, 0.4) is 0 Å². The third kappa shape index (κ3) is 4.58. The Morgan fingerprint density at radius 1 is 1.22 bits per heavy atom. The summed E-state index contributed by atoms with van der Waals surface area (Å²) < 4.78 is 20.2. The van der Waals surface area contributed by atoms with Crippen molar-refractivity contribution < 1.29 is 13.9 Å². The molecule has 0 aliphatic carbocycles. The van der Waals surface area contributed by atoms with Gasteiger partial charge in [-0.2, -0.15) is 5.26 Å². The van der Waals surface area contributed by atoms with E-state index in [0.717, 1.165) is 11.3 Å². The maximum Gasteiger partial charge on any atom is 0.410 e. The van der Waals surface area contributed by atoms with Crippen molar-refractivity contribution in [2.24, 2.45) is 0 Å². The first kappa shape index (κ1) is 24.9. The van der Waals surface area contributed by atoms with E-state index in [-0.39, 0.29) is 21.8 Å². The normalized spacial score (nSPS) is 14.3. The molecule has 1 saturated heterocycles. The molecular formula is C25H23ClFN7O2S. The smallest absolute Gasteiger partial charge is 0.410 e. The van der Waals surface area contributed by atoms with Crippen LogP contribution < -0.4 is 10.6 Å². The highest BCUT2D eigenvalue weighted by molar-refractivity contribution is 7.22. The number of ether oxygens (including phenoxy) is 1. The Kier molecular flexibility index (Phi) is 6.25. The number of aromatic nitrogens is 3. The predicted molar refractivity (Wildman–Crippen MR) is 142 cm³/mol. The van der Waals surface area contributed by atoms with Crippen LogP contribution in [0.4, 0.5) is 20.1 Å². The summed E-state index contributed by atoms with van der Waals surface area (Å²) in [5.41, 5.74) is 7.18. The van der Waals surface area contributed by atoms with Crippen LogP contribution >= 0.6 is 22.9 Å². The Hall–Kier alpha value is -3.75. The molecule has 1 aliphatic heterocycles. The minimum atomic E-state index is -0.570. The molecule has 5 rings (SSSR count). The lowest BCUT2D eigenvalue weighted by Crippen LogP contribution is -2.50. The number of benzene rings is 2. The predicted octanol–water partition coefficient (Wildman–Crippen LogP) is 5.21. The average molecular weight is 540 g/mol. The fourth-order valence-electron chi connectivity index (χ4n) is 4.40. The topological polar surface area (TPSA) is 121 Å².